The van der Waals surface area contributed by atoms with E-state index in [0.29, 0.717) is 18.5 Å². The lowest BCUT2D eigenvalue weighted by Gasteiger charge is -2.12. The molecule has 2 N–H and O–H groups in total. The number of halogens is 2. The molecule has 0 amide bonds. The highest BCUT2D eigenvalue weighted by molar-refractivity contribution is 5.41. The molecule has 0 saturated carbocycles. The van der Waals surface area contributed by atoms with Crippen molar-refractivity contribution in [1.82, 2.24) is 0 Å². The normalized spacial score (nSPS) is 10.6. The van der Waals surface area contributed by atoms with E-state index in [1.807, 2.05) is 0 Å². The second-order valence-corrected chi connectivity index (χ2v) is 2.87. The predicted molar refractivity (Wildman–Crippen MR) is 50.7 cm³/mol. The largest absolute Gasteiger partial charge is 0.496 e. The van der Waals surface area contributed by atoms with E-state index in [9.17, 15) is 8.78 Å². The molecule has 0 aliphatic rings. The van der Waals surface area contributed by atoms with Crippen molar-refractivity contribution < 1.29 is 13.5 Å². The average molecular weight is 201 g/mol. The van der Waals surface area contributed by atoms with Crippen LogP contribution in [0.1, 0.15) is 17.6 Å². The minimum Gasteiger partial charge on any atom is -0.496 e. The SMILES string of the molecule is COc1cccc(CCN)c1C(F)F. The third kappa shape index (κ3) is 2.20. The van der Waals surface area contributed by atoms with Crippen LogP contribution in [0, 0.1) is 0 Å². The van der Waals surface area contributed by atoms with Gasteiger partial charge in [0, 0.05) is 0 Å². The van der Waals surface area contributed by atoms with Crippen molar-refractivity contribution in [1.29, 1.82) is 0 Å². The molecule has 14 heavy (non-hydrogen) atoms. The van der Waals surface area contributed by atoms with Gasteiger partial charge in [0.1, 0.15) is 5.75 Å². The smallest absolute Gasteiger partial charge is 0.267 e. The lowest BCUT2D eigenvalue weighted by molar-refractivity contribution is 0.146. The molecule has 0 spiro atoms. The molecule has 0 unspecified atom stereocenters. The van der Waals surface area contributed by atoms with Crippen LogP contribution in [-0.4, -0.2) is 13.7 Å². The summed E-state index contributed by atoms with van der Waals surface area (Å²) in [6.07, 6.45) is -2.08. The standard InChI is InChI=1S/C10H13F2NO/c1-14-8-4-2-3-7(5-6-13)9(8)10(11)12/h2-4,10H,5-6,13H2,1H3. The van der Waals surface area contributed by atoms with Crippen LogP contribution in [-0.2, 0) is 6.42 Å². The zero-order valence-corrected chi connectivity index (χ0v) is 7.97. The van der Waals surface area contributed by atoms with E-state index >= 15 is 0 Å². The maximum absolute atomic E-state index is 12.7. The van der Waals surface area contributed by atoms with Crippen molar-refractivity contribution in [2.75, 3.05) is 13.7 Å². The van der Waals surface area contributed by atoms with E-state index in [1.165, 1.54) is 13.2 Å². The summed E-state index contributed by atoms with van der Waals surface area (Å²) in [5, 5.41) is 0. The molecule has 1 aromatic rings. The van der Waals surface area contributed by atoms with Crippen LogP contribution in [0.5, 0.6) is 5.75 Å². The summed E-state index contributed by atoms with van der Waals surface area (Å²) in [5.74, 6) is 0.228. The number of benzene rings is 1. The van der Waals surface area contributed by atoms with E-state index in [2.05, 4.69) is 0 Å². The van der Waals surface area contributed by atoms with Crippen LogP contribution in [0.15, 0.2) is 18.2 Å². The molecule has 4 heteroatoms. The molecule has 0 fully saturated rings. The van der Waals surface area contributed by atoms with Crippen LogP contribution >= 0.6 is 0 Å². The van der Waals surface area contributed by atoms with Crippen molar-refractivity contribution in [3.8, 4) is 5.75 Å². The summed E-state index contributed by atoms with van der Waals surface area (Å²) >= 11 is 0. The fourth-order valence-electron chi connectivity index (χ4n) is 1.39. The molecule has 1 aromatic carbocycles. The third-order valence-electron chi connectivity index (χ3n) is 2.01. The van der Waals surface area contributed by atoms with Crippen molar-refractivity contribution in [2.45, 2.75) is 12.8 Å². The number of hydrogen-bond donors (Lipinski definition) is 1. The maximum atomic E-state index is 12.7. The van der Waals surface area contributed by atoms with E-state index in [0.717, 1.165) is 0 Å². The Balaban J connectivity index is 3.14. The Kier molecular flexibility index (Phi) is 3.83. The molecular formula is C10H13F2NO. The molecule has 78 valence electrons. The van der Waals surface area contributed by atoms with Crippen LogP contribution in [0.3, 0.4) is 0 Å². The number of ether oxygens (including phenoxy) is 1. The lowest BCUT2D eigenvalue weighted by Crippen LogP contribution is -2.06. The summed E-state index contributed by atoms with van der Waals surface area (Å²) in [6.45, 7) is 0.354. The third-order valence-corrected chi connectivity index (χ3v) is 2.01. The fraction of sp³-hybridized carbons (Fsp3) is 0.400. The molecule has 0 aliphatic heterocycles. The molecule has 1 rings (SSSR count). The molecule has 0 aromatic heterocycles. The molecule has 2 nitrogen and oxygen atoms in total. The van der Waals surface area contributed by atoms with Crippen molar-refractivity contribution in [3.63, 3.8) is 0 Å². The predicted octanol–water partition coefficient (Wildman–Crippen LogP) is 2.13. The van der Waals surface area contributed by atoms with E-state index < -0.39 is 6.43 Å². The Morgan fingerprint density at radius 2 is 2.14 bits per heavy atom. The molecule has 0 bridgehead atoms. The number of nitrogens with two attached hydrogens (primary N) is 1. The van der Waals surface area contributed by atoms with Crippen LogP contribution in [0.4, 0.5) is 8.78 Å². The van der Waals surface area contributed by atoms with Gasteiger partial charge in [-0.15, -0.1) is 0 Å². The summed E-state index contributed by atoms with van der Waals surface area (Å²) in [5.41, 5.74) is 5.85. The monoisotopic (exact) mass is 201 g/mol. The zero-order chi connectivity index (χ0) is 10.6. The Morgan fingerprint density at radius 1 is 1.43 bits per heavy atom. The summed E-state index contributed by atoms with van der Waals surface area (Å²) in [7, 11) is 1.38. The van der Waals surface area contributed by atoms with Gasteiger partial charge in [0.05, 0.1) is 12.7 Å². The van der Waals surface area contributed by atoms with Crippen LogP contribution < -0.4 is 10.5 Å². The van der Waals surface area contributed by atoms with Crippen molar-refractivity contribution >= 4 is 0 Å². The van der Waals surface area contributed by atoms with Gasteiger partial charge in [-0.2, -0.15) is 0 Å². The van der Waals surface area contributed by atoms with Gasteiger partial charge in [-0.05, 0) is 24.6 Å². The summed E-state index contributed by atoms with van der Waals surface area (Å²) < 4.78 is 30.2. The minimum atomic E-state index is -2.52. The number of methoxy groups -OCH3 is 1. The van der Waals surface area contributed by atoms with E-state index in [1.54, 1.807) is 12.1 Å². The first-order valence-corrected chi connectivity index (χ1v) is 4.34. The lowest BCUT2D eigenvalue weighted by atomic mass is 10.0. The fourth-order valence-corrected chi connectivity index (χ4v) is 1.39. The van der Waals surface area contributed by atoms with Gasteiger partial charge in [-0.25, -0.2) is 8.78 Å². The molecule has 0 aliphatic carbocycles. The van der Waals surface area contributed by atoms with Gasteiger partial charge in [-0.3, -0.25) is 0 Å². The number of hydrogen-bond acceptors (Lipinski definition) is 2. The number of rotatable bonds is 4. The van der Waals surface area contributed by atoms with Gasteiger partial charge < -0.3 is 10.5 Å². The first-order valence-electron chi connectivity index (χ1n) is 4.34. The van der Waals surface area contributed by atoms with Gasteiger partial charge in [0.2, 0.25) is 0 Å². The Hall–Kier alpha value is -1.16. The highest BCUT2D eigenvalue weighted by Gasteiger charge is 2.17. The van der Waals surface area contributed by atoms with Gasteiger partial charge in [-0.1, -0.05) is 12.1 Å². The summed E-state index contributed by atoms with van der Waals surface area (Å²) in [4.78, 5) is 0. The van der Waals surface area contributed by atoms with Crippen molar-refractivity contribution in [2.24, 2.45) is 5.73 Å². The first kappa shape index (κ1) is 10.9. The molecule has 0 saturated heterocycles. The second-order valence-electron chi connectivity index (χ2n) is 2.87. The molecular weight excluding hydrogens is 188 g/mol. The maximum Gasteiger partial charge on any atom is 0.267 e. The highest BCUT2D eigenvalue weighted by Crippen LogP contribution is 2.32. The molecule has 0 heterocycles. The topological polar surface area (TPSA) is 35.2 Å². The average Bonchev–Trinajstić information content (AvgIpc) is 2.17. The Labute approximate surface area is 81.7 Å². The van der Waals surface area contributed by atoms with Crippen LogP contribution in [0.2, 0.25) is 0 Å². The molecule has 0 radical (unpaired) electrons. The summed E-state index contributed by atoms with van der Waals surface area (Å²) in [6, 6.07) is 4.87. The second kappa shape index (κ2) is 4.91. The Bertz CT molecular complexity index is 302. The minimum absolute atomic E-state index is 0.0412. The first-order chi connectivity index (χ1) is 6.70. The molecule has 0 atom stereocenters. The van der Waals surface area contributed by atoms with E-state index in [-0.39, 0.29) is 11.3 Å². The van der Waals surface area contributed by atoms with Crippen LogP contribution in [0.25, 0.3) is 0 Å². The van der Waals surface area contributed by atoms with Gasteiger partial charge in [0.15, 0.2) is 0 Å². The van der Waals surface area contributed by atoms with Crippen molar-refractivity contribution in [3.05, 3.63) is 29.3 Å². The van der Waals surface area contributed by atoms with Gasteiger partial charge >= 0.3 is 0 Å². The highest BCUT2D eigenvalue weighted by atomic mass is 19.3. The number of alkyl halides is 2. The zero-order valence-electron chi connectivity index (χ0n) is 7.97. The quantitative estimate of drug-likeness (QED) is 0.809. The Morgan fingerprint density at radius 3 is 2.64 bits per heavy atom. The van der Waals surface area contributed by atoms with Gasteiger partial charge in [0.25, 0.3) is 6.43 Å². The van der Waals surface area contributed by atoms with E-state index in [4.69, 9.17) is 10.5 Å².